The van der Waals surface area contributed by atoms with E-state index in [0.717, 1.165) is 18.2 Å². The number of hydrogen-bond acceptors (Lipinski definition) is 3. The number of nitrogens with one attached hydrogen (secondary N) is 1. The van der Waals surface area contributed by atoms with Gasteiger partial charge in [-0.3, -0.25) is 0 Å². The molecule has 3 heteroatoms. The lowest BCUT2D eigenvalue weighted by atomic mass is 10.2. The van der Waals surface area contributed by atoms with Crippen LogP contribution in [0.25, 0.3) is 0 Å². The van der Waals surface area contributed by atoms with E-state index in [2.05, 4.69) is 18.3 Å². The molecule has 0 amide bonds. The van der Waals surface area contributed by atoms with Gasteiger partial charge in [-0.15, -0.1) is 11.8 Å². The lowest BCUT2D eigenvalue weighted by Gasteiger charge is -2.17. The molecule has 0 saturated heterocycles. The largest absolute Gasteiger partial charge is 0.468 e. The lowest BCUT2D eigenvalue weighted by Crippen LogP contribution is -2.33. The molecule has 0 spiro atoms. The summed E-state index contributed by atoms with van der Waals surface area (Å²) in [6, 6.07) is 2.77. The molecule has 0 radical (unpaired) electrons. The lowest BCUT2D eigenvalue weighted by molar-refractivity contribution is 0.502. The van der Waals surface area contributed by atoms with Gasteiger partial charge in [-0.05, 0) is 44.7 Å². The molecule has 0 bridgehead atoms. The molecule has 2 nitrogen and oxygen atoms in total. The van der Waals surface area contributed by atoms with E-state index in [-0.39, 0.29) is 0 Å². The van der Waals surface area contributed by atoms with Crippen molar-refractivity contribution in [3.8, 4) is 0 Å². The molecule has 90 valence electrons. The summed E-state index contributed by atoms with van der Waals surface area (Å²) in [7, 11) is 0. The van der Waals surface area contributed by atoms with Crippen LogP contribution in [0.15, 0.2) is 21.6 Å². The van der Waals surface area contributed by atoms with Gasteiger partial charge in [0.05, 0.1) is 6.26 Å². The van der Waals surface area contributed by atoms with Gasteiger partial charge in [-0.2, -0.15) is 0 Å². The summed E-state index contributed by atoms with van der Waals surface area (Å²) in [6.45, 7) is 5.41. The molecule has 0 aliphatic heterocycles. The molecule has 16 heavy (non-hydrogen) atoms. The molecule has 2 rings (SSSR count). The van der Waals surface area contributed by atoms with Gasteiger partial charge in [0.25, 0.3) is 0 Å². The second-order valence-electron chi connectivity index (χ2n) is 4.55. The zero-order chi connectivity index (χ0) is 11.4. The molecule has 1 unspecified atom stereocenters. The van der Waals surface area contributed by atoms with Crippen molar-refractivity contribution in [2.24, 2.45) is 5.92 Å². The Labute approximate surface area is 102 Å². The minimum absolute atomic E-state index is 0.694. The SMILES string of the molecule is CCCNC(CSc1ccoc1C)C1CC1. The van der Waals surface area contributed by atoms with Crippen molar-refractivity contribution >= 4 is 11.8 Å². The van der Waals surface area contributed by atoms with Gasteiger partial charge in [0.15, 0.2) is 0 Å². The van der Waals surface area contributed by atoms with E-state index in [1.54, 1.807) is 6.26 Å². The van der Waals surface area contributed by atoms with Crippen molar-refractivity contribution in [3.05, 3.63) is 18.1 Å². The average molecular weight is 239 g/mol. The molecule has 1 aliphatic carbocycles. The van der Waals surface area contributed by atoms with Crippen LogP contribution < -0.4 is 5.32 Å². The van der Waals surface area contributed by atoms with Gasteiger partial charge in [0.2, 0.25) is 0 Å². The highest BCUT2D eigenvalue weighted by atomic mass is 32.2. The van der Waals surface area contributed by atoms with Crippen LogP contribution in [-0.4, -0.2) is 18.3 Å². The summed E-state index contributed by atoms with van der Waals surface area (Å²) >= 11 is 1.92. The van der Waals surface area contributed by atoms with Crippen LogP contribution in [0.2, 0.25) is 0 Å². The zero-order valence-electron chi connectivity index (χ0n) is 10.2. The third-order valence-electron chi connectivity index (χ3n) is 3.08. The molecule has 1 aromatic rings. The van der Waals surface area contributed by atoms with Crippen LogP contribution >= 0.6 is 11.8 Å². The fraction of sp³-hybridized carbons (Fsp3) is 0.692. The van der Waals surface area contributed by atoms with Gasteiger partial charge >= 0.3 is 0 Å². The molecule has 1 aromatic heterocycles. The Bertz CT molecular complexity index is 319. The highest BCUT2D eigenvalue weighted by Gasteiger charge is 2.30. The zero-order valence-corrected chi connectivity index (χ0v) is 11.0. The first-order chi connectivity index (χ1) is 7.81. The van der Waals surface area contributed by atoms with Crippen molar-refractivity contribution < 1.29 is 4.42 Å². The van der Waals surface area contributed by atoms with E-state index in [0.29, 0.717) is 6.04 Å². The minimum Gasteiger partial charge on any atom is -0.468 e. The quantitative estimate of drug-likeness (QED) is 0.738. The highest BCUT2D eigenvalue weighted by molar-refractivity contribution is 7.99. The van der Waals surface area contributed by atoms with Gasteiger partial charge in [-0.1, -0.05) is 6.92 Å². The van der Waals surface area contributed by atoms with Crippen molar-refractivity contribution in [1.29, 1.82) is 0 Å². The van der Waals surface area contributed by atoms with Gasteiger partial charge in [0.1, 0.15) is 5.76 Å². The molecule has 1 N–H and O–H groups in total. The van der Waals surface area contributed by atoms with E-state index in [1.807, 2.05) is 18.7 Å². The van der Waals surface area contributed by atoms with Crippen LogP contribution in [0.4, 0.5) is 0 Å². The third kappa shape index (κ3) is 3.29. The van der Waals surface area contributed by atoms with Crippen LogP contribution in [0.3, 0.4) is 0 Å². The topological polar surface area (TPSA) is 25.2 Å². The van der Waals surface area contributed by atoms with Crippen molar-refractivity contribution in [3.63, 3.8) is 0 Å². The summed E-state index contributed by atoms with van der Waals surface area (Å²) < 4.78 is 5.31. The second-order valence-corrected chi connectivity index (χ2v) is 5.61. The second kappa shape index (κ2) is 5.78. The van der Waals surface area contributed by atoms with Crippen LogP contribution in [0, 0.1) is 12.8 Å². The van der Waals surface area contributed by atoms with E-state index < -0.39 is 0 Å². The average Bonchev–Trinajstić information content (AvgIpc) is 3.04. The first-order valence-corrected chi connectivity index (χ1v) is 7.20. The van der Waals surface area contributed by atoms with Gasteiger partial charge in [0, 0.05) is 16.7 Å². The Morgan fingerprint density at radius 1 is 1.56 bits per heavy atom. The predicted octanol–water partition coefficient (Wildman–Crippen LogP) is 3.46. The molecule has 1 heterocycles. The molecular weight excluding hydrogens is 218 g/mol. The highest BCUT2D eigenvalue weighted by Crippen LogP contribution is 2.35. The molecule has 1 aliphatic rings. The monoisotopic (exact) mass is 239 g/mol. The number of thioether (sulfide) groups is 1. The summed E-state index contributed by atoms with van der Waals surface area (Å²) in [5.74, 6) is 3.15. The first-order valence-electron chi connectivity index (χ1n) is 6.21. The van der Waals surface area contributed by atoms with Gasteiger partial charge < -0.3 is 9.73 Å². The normalized spacial score (nSPS) is 17.6. The Kier molecular flexibility index (Phi) is 4.36. The van der Waals surface area contributed by atoms with Crippen molar-refractivity contribution in [2.45, 2.75) is 44.0 Å². The number of rotatable bonds is 7. The third-order valence-corrected chi connectivity index (χ3v) is 4.34. The van der Waals surface area contributed by atoms with Gasteiger partial charge in [-0.25, -0.2) is 0 Å². The molecule has 1 atom stereocenters. The van der Waals surface area contributed by atoms with E-state index in [9.17, 15) is 0 Å². The van der Waals surface area contributed by atoms with Crippen LogP contribution in [0.1, 0.15) is 31.9 Å². The Morgan fingerprint density at radius 3 is 2.94 bits per heavy atom. The summed E-state index contributed by atoms with van der Waals surface area (Å²) in [4.78, 5) is 1.30. The Morgan fingerprint density at radius 2 is 2.38 bits per heavy atom. The van der Waals surface area contributed by atoms with Crippen LogP contribution in [0.5, 0.6) is 0 Å². The van der Waals surface area contributed by atoms with Crippen LogP contribution in [-0.2, 0) is 0 Å². The van der Waals surface area contributed by atoms with Crippen molar-refractivity contribution in [2.75, 3.05) is 12.3 Å². The molecule has 1 saturated carbocycles. The first kappa shape index (κ1) is 12.1. The molecular formula is C13H21NOS. The van der Waals surface area contributed by atoms with E-state index >= 15 is 0 Å². The summed E-state index contributed by atoms with van der Waals surface area (Å²) in [6.07, 6.45) is 5.82. The fourth-order valence-electron chi connectivity index (χ4n) is 1.89. The standard InChI is InChI=1S/C13H21NOS/c1-3-7-14-12(11-4-5-11)9-16-13-6-8-15-10(13)2/h6,8,11-12,14H,3-5,7,9H2,1-2H3. The summed E-state index contributed by atoms with van der Waals surface area (Å²) in [5, 5.41) is 3.66. The van der Waals surface area contributed by atoms with Crippen molar-refractivity contribution in [1.82, 2.24) is 5.32 Å². The maximum Gasteiger partial charge on any atom is 0.114 e. The number of hydrogen-bond donors (Lipinski definition) is 1. The fourth-order valence-corrected chi connectivity index (χ4v) is 3.04. The number of aryl methyl sites for hydroxylation is 1. The maximum atomic E-state index is 5.31. The summed E-state index contributed by atoms with van der Waals surface area (Å²) in [5.41, 5.74) is 0. The Balaban J connectivity index is 1.79. The Hall–Kier alpha value is -0.410. The van der Waals surface area contributed by atoms with E-state index in [4.69, 9.17) is 4.42 Å². The maximum absolute atomic E-state index is 5.31. The number of furan rings is 1. The van der Waals surface area contributed by atoms with E-state index in [1.165, 1.54) is 29.9 Å². The smallest absolute Gasteiger partial charge is 0.114 e. The minimum atomic E-state index is 0.694. The molecule has 0 aromatic carbocycles. The predicted molar refractivity (Wildman–Crippen MR) is 69.0 cm³/mol. The molecule has 1 fully saturated rings.